The molecule has 2 rings (SSSR count). The predicted octanol–water partition coefficient (Wildman–Crippen LogP) is 3.54. The summed E-state index contributed by atoms with van der Waals surface area (Å²) in [6, 6.07) is 6.79. The van der Waals surface area contributed by atoms with Crippen molar-refractivity contribution in [2.45, 2.75) is 51.4 Å². The highest BCUT2D eigenvalue weighted by atomic mass is 35.5. The van der Waals surface area contributed by atoms with Gasteiger partial charge in [-0.05, 0) is 51.3 Å². The lowest BCUT2D eigenvalue weighted by atomic mass is 10.1. The molecule has 1 aliphatic rings. The highest BCUT2D eigenvalue weighted by Crippen LogP contribution is 2.22. The van der Waals surface area contributed by atoms with Gasteiger partial charge in [-0.25, -0.2) is 4.79 Å². The van der Waals surface area contributed by atoms with Gasteiger partial charge in [-0.1, -0.05) is 23.7 Å². The van der Waals surface area contributed by atoms with Crippen molar-refractivity contribution in [1.29, 1.82) is 0 Å². The Balaban J connectivity index is 1.95. The zero-order chi connectivity index (χ0) is 19.3. The zero-order valence-corrected chi connectivity index (χ0v) is 16.5. The molecule has 2 unspecified atom stereocenters. The topological polar surface area (TPSA) is 67.9 Å². The number of halogens is 1. The Kier molecular flexibility index (Phi) is 6.89. The Morgan fingerprint density at radius 1 is 1.31 bits per heavy atom. The van der Waals surface area contributed by atoms with Crippen molar-refractivity contribution < 1.29 is 19.1 Å². The van der Waals surface area contributed by atoms with Crippen molar-refractivity contribution in [3.8, 4) is 0 Å². The number of amides is 2. The van der Waals surface area contributed by atoms with Crippen LogP contribution >= 0.6 is 11.6 Å². The van der Waals surface area contributed by atoms with Gasteiger partial charge in [0.1, 0.15) is 11.6 Å². The number of nitrogens with one attached hydrogen (secondary N) is 1. The van der Waals surface area contributed by atoms with E-state index in [1.54, 1.807) is 19.2 Å². The van der Waals surface area contributed by atoms with E-state index in [0.29, 0.717) is 24.5 Å². The third kappa shape index (κ3) is 5.61. The molecule has 0 aliphatic carbocycles. The van der Waals surface area contributed by atoms with Crippen LogP contribution in [-0.4, -0.2) is 48.7 Å². The van der Waals surface area contributed by atoms with Crippen molar-refractivity contribution in [2.24, 2.45) is 0 Å². The number of benzene rings is 1. The molecule has 1 fully saturated rings. The van der Waals surface area contributed by atoms with Crippen LogP contribution in [0.5, 0.6) is 0 Å². The van der Waals surface area contributed by atoms with Gasteiger partial charge in [-0.2, -0.15) is 0 Å². The van der Waals surface area contributed by atoms with Crippen LogP contribution in [0.1, 0.15) is 45.3 Å². The summed E-state index contributed by atoms with van der Waals surface area (Å²) < 4.78 is 10.9. The highest BCUT2D eigenvalue weighted by molar-refractivity contribution is 6.30. The minimum atomic E-state index is -0.587. The van der Waals surface area contributed by atoms with Crippen LogP contribution < -0.4 is 5.32 Å². The van der Waals surface area contributed by atoms with Crippen molar-refractivity contribution >= 4 is 23.6 Å². The number of likely N-dealkylation sites (tertiary alicyclic amines) is 1. The fourth-order valence-corrected chi connectivity index (χ4v) is 3.03. The number of nitrogens with zero attached hydrogens (tertiary/aromatic N) is 1. The third-order valence-corrected chi connectivity index (χ3v) is 4.42. The maximum Gasteiger partial charge on any atom is 0.410 e. The molecular formula is C19H27ClN2O4. The molecule has 1 N–H and O–H groups in total. The van der Waals surface area contributed by atoms with E-state index in [9.17, 15) is 9.59 Å². The van der Waals surface area contributed by atoms with Crippen LogP contribution in [0.25, 0.3) is 0 Å². The molecule has 2 amide bonds. The van der Waals surface area contributed by atoms with Gasteiger partial charge < -0.3 is 14.8 Å². The molecule has 0 aromatic heterocycles. The van der Waals surface area contributed by atoms with Gasteiger partial charge in [0.05, 0.1) is 6.10 Å². The lowest BCUT2D eigenvalue weighted by Gasteiger charge is -2.28. The Morgan fingerprint density at radius 3 is 2.54 bits per heavy atom. The molecule has 0 radical (unpaired) electrons. The van der Waals surface area contributed by atoms with E-state index in [2.05, 4.69) is 5.32 Å². The summed E-state index contributed by atoms with van der Waals surface area (Å²) in [6.45, 7) is 6.27. The first-order valence-electron chi connectivity index (χ1n) is 8.77. The lowest BCUT2D eigenvalue weighted by Crippen LogP contribution is -2.48. The standard InChI is InChI=1S/C19H27ClN2O4/c1-19(2,3)26-18(24)22-11-5-6-15(22)17(23)21-12-16(25-4)13-7-9-14(20)10-8-13/h7-10,15-16H,5-6,11-12H2,1-4H3,(H,21,23). The molecule has 0 bridgehead atoms. The minimum Gasteiger partial charge on any atom is -0.444 e. The van der Waals surface area contributed by atoms with Crippen molar-refractivity contribution in [1.82, 2.24) is 10.2 Å². The maximum atomic E-state index is 12.6. The smallest absolute Gasteiger partial charge is 0.410 e. The highest BCUT2D eigenvalue weighted by Gasteiger charge is 2.36. The molecule has 144 valence electrons. The van der Waals surface area contributed by atoms with Crippen molar-refractivity contribution in [3.63, 3.8) is 0 Å². The van der Waals surface area contributed by atoms with Crippen LogP contribution in [0, 0.1) is 0 Å². The van der Waals surface area contributed by atoms with Crippen LogP contribution in [0.2, 0.25) is 5.02 Å². The van der Waals surface area contributed by atoms with E-state index >= 15 is 0 Å². The van der Waals surface area contributed by atoms with Crippen molar-refractivity contribution in [2.75, 3.05) is 20.2 Å². The van der Waals surface area contributed by atoms with E-state index in [-0.39, 0.29) is 12.0 Å². The molecule has 2 atom stereocenters. The monoisotopic (exact) mass is 382 g/mol. The molecule has 0 spiro atoms. The third-order valence-electron chi connectivity index (χ3n) is 4.17. The Labute approximate surface area is 159 Å². The molecule has 7 heteroatoms. The van der Waals surface area contributed by atoms with Gasteiger partial charge in [0, 0.05) is 25.2 Å². The summed E-state index contributed by atoms with van der Waals surface area (Å²) in [5.41, 5.74) is 0.337. The molecule has 1 aliphatic heterocycles. The Bertz CT molecular complexity index is 627. The first-order valence-corrected chi connectivity index (χ1v) is 9.14. The van der Waals surface area contributed by atoms with E-state index < -0.39 is 17.7 Å². The molecule has 26 heavy (non-hydrogen) atoms. The Morgan fingerprint density at radius 2 is 1.96 bits per heavy atom. The second-order valence-corrected chi connectivity index (χ2v) is 7.79. The predicted molar refractivity (Wildman–Crippen MR) is 100 cm³/mol. The zero-order valence-electron chi connectivity index (χ0n) is 15.8. The average Bonchev–Trinajstić information content (AvgIpc) is 3.05. The number of carbonyl (C=O) groups excluding carboxylic acids is 2. The number of methoxy groups -OCH3 is 1. The fraction of sp³-hybridized carbons (Fsp3) is 0.579. The largest absolute Gasteiger partial charge is 0.444 e. The Hall–Kier alpha value is -1.79. The second-order valence-electron chi connectivity index (χ2n) is 7.35. The number of rotatable bonds is 5. The van der Waals surface area contributed by atoms with Gasteiger partial charge >= 0.3 is 6.09 Å². The summed E-state index contributed by atoms with van der Waals surface area (Å²) in [6.07, 6.45) is 0.676. The maximum absolute atomic E-state index is 12.6. The van der Waals surface area contributed by atoms with Crippen LogP contribution in [0.3, 0.4) is 0 Å². The molecule has 6 nitrogen and oxygen atoms in total. The minimum absolute atomic E-state index is 0.190. The number of hydrogen-bond acceptors (Lipinski definition) is 4. The molecule has 1 heterocycles. The summed E-state index contributed by atoms with van der Waals surface area (Å²) in [4.78, 5) is 26.4. The summed E-state index contributed by atoms with van der Waals surface area (Å²) in [5, 5.41) is 3.54. The number of carbonyl (C=O) groups is 2. The van der Waals surface area contributed by atoms with E-state index in [4.69, 9.17) is 21.1 Å². The van der Waals surface area contributed by atoms with Gasteiger partial charge in [-0.15, -0.1) is 0 Å². The quantitative estimate of drug-likeness (QED) is 0.845. The molecule has 0 saturated carbocycles. The fourth-order valence-electron chi connectivity index (χ4n) is 2.90. The van der Waals surface area contributed by atoms with E-state index in [0.717, 1.165) is 12.0 Å². The number of hydrogen-bond donors (Lipinski definition) is 1. The lowest BCUT2D eigenvalue weighted by molar-refractivity contribution is -0.126. The SMILES string of the molecule is COC(CNC(=O)C1CCCN1C(=O)OC(C)(C)C)c1ccc(Cl)cc1. The van der Waals surface area contributed by atoms with Gasteiger partial charge in [0.25, 0.3) is 0 Å². The summed E-state index contributed by atoms with van der Waals surface area (Å²) >= 11 is 5.90. The van der Waals surface area contributed by atoms with Crippen LogP contribution in [0.15, 0.2) is 24.3 Å². The van der Waals surface area contributed by atoms with Gasteiger partial charge in [-0.3, -0.25) is 9.69 Å². The van der Waals surface area contributed by atoms with Gasteiger partial charge in [0.2, 0.25) is 5.91 Å². The first kappa shape index (κ1) is 20.5. The van der Waals surface area contributed by atoms with Crippen LogP contribution in [-0.2, 0) is 14.3 Å². The van der Waals surface area contributed by atoms with Gasteiger partial charge in [0.15, 0.2) is 0 Å². The molecular weight excluding hydrogens is 356 g/mol. The molecule has 1 aromatic rings. The number of ether oxygens (including phenoxy) is 2. The van der Waals surface area contributed by atoms with E-state index in [1.165, 1.54) is 4.90 Å². The molecule has 1 aromatic carbocycles. The summed E-state index contributed by atoms with van der Waals surface area (Å²) in [7, 11) is 1.59. The average molecular weight is 383 g/mol. The normalized spacial score (nSPS) is 18.5. The van der Waals surface area contributed by atoms with Crippen LogP contribution in [0.4, 0.5) is 4.79 Å². The second kappa shape index (κ2) is 8.73. The van der Waals surface area contributed by atoms with E-state index in [1.807, 2.05) is 32.9 Å². The first-order chi connectivity index (χ1) is 12.2. The molecule has 1 saturated heterocycles. The summed E-state index contributed by atoms with van der Waals surface area (Å²) in [5.74, 6) is -0.190. The van der Waals surface area contributed by atoms with Crippen molar-refractivity contribution in [3.05, 3.63) is 34.9 Å².